The molecule has 0 heterocycles. The Balaban J connectivity index is 2.32. The van der Waals surface area contributed by atoms with Crippen molar-refractivity contribution in [3.63, 3.8) is 0 Å². The number of aryl methyl sites for hydroxylation is 1. The summed E-state index contributed by atoms with van der Waals surface area (Å²) in [6.07, 6.45) is 0. The predicted octanol–water partition coefficient (Wildman–Crippen LogP) is 3.85. The number of nitriles is 1. The Morgan fingerprint density at radius 3 is 2.67 bits per heavy atom. The third kappa shape index (κ3) is 2.55. The molecule has 0 amide bonds. The number of halogens is 1. The maximum absolute atomic E-state index is 8.92. The molecule has 2 rings (SSSR count). The van der Waals surface area contributed by atoms with Crippen LogP contribution in [0.1, 0.15) is 11.1 Å². The topological polar surface area (TPSA) is 61.8 Å². The number of nitrogens with two attached hydrogens (primary N) is 1. The van der Waals surface area contributed by atoms with E-state index in [4.69, 9.17) is 22.6 Å². The van der Waals surface area contributed by atoms with E-state index >= 15 is 0 Å². The summed E-state index contributed by atoms with van der Waals surface area (Å²) < 4.78 is 0. The molecule has 0 spiro atoms. The number of nitrogen functional groups attached to an aromatic ring is 1. The zero-order valence-corrected chi connectivity index (χ0v) is 10.6. The number of nitrogens with zero attached hydrogens (tertiary/aromatic N) is 1. The fourth-order valence-electron chi connectivity index (χ4n) is 1.61. The van der Waals surface area contributed by atoms with Gasteiger partial charge in [0.1, 0.15) is 6.07 Å². The van der Waals surface area contributed by atoms with Crippen LogP contribution in [0.3, 0.4) is 0 Å². The highest BCUT2D eigenvalue weighted by Gasteiger charge is 2.03. The molecule has 0 saturated carbocycles. The van der Waals surface area contributed by atoms with E-state index in [1.807, 2.05) is 37.3 Å². The summed E-state index contributed by atoms with van der Waals surface area (Å²) in [5.74, 6) is 0. The van der Waals surface area contributed by atoms with Crippen molar-refractivity contribution in [2.75, 3.05) is 11.1 Å². The fourth-order valence-corrected chi connectivity index (χ4v) is 1.89. The van der Waals surface area contributed by atoms with Crippen LogP contribution in [0.5, 0.6) is 0 Å². The highest BCUT2D eigenvalue weighted by atomic mass is 35.5. The molecule has 0 unspecified atom stereocenters. The minimum absolute atomic E-state index is 0.447. The van der Waals surface area contributed by atoms with Gasteiger partial charge in [-0.3, -0.25) is 0 Å². The summed E-state index contributed by atoms with van der Waals surface area (Å²) in [5, 5.41) is 12.7. The largest absolute Gasteiger partial charge is 0.398 e. The van der Waals surface area contributed by atoms with Crippen LogP contribution in [0.25, 0.3) is 0 Å². The maximum Gasteiger partial charge on any atom is 0.101 e. The molecule has 0 saturated heterocycles. The van der Waals surface area contributed by atoms with Crippen LogP contribution < -0.4 is 11.1 Å². The monoisotopic (exact) mass is 257 g/mol. The Labute approximate surface area is 111 Å². The molecule has 2 aromatic carbocycles. The van der Waals surface area contributed by atoms with Crippen molar-refractivity contribution in [1.82, 2.24) is 0 Å². The molecule has 90 valence electrons. The zero-order chi connectivity index (χ0) is 13.1. The number of hydrogen-bond donors (Lipinski definition) is 2. The molecule has 3 nitrogen and oxygen atoms in total. The van der Waals surface area contributed by atoms with Gasteiger partial charge < -0.3 is 11.1 Å². The number of hydrogen-bond acceptors (Lipinski definition) is 3. The van der Waals surface area contributed by atoms with Crippen LogP contribution in [-0.2, 0) is 0 Å². The average Bonchev–Trinajstić information content (AvgIpc) is 2.35. The first-order valence-corrected chi connectivity index (χ1v) is 5.81. The Hall–Kier alpha value is -2.18. The lowest BCUT2D eigenvalue weighted by atomic mass is 10.1. The average molecular weight is 258 g/mol. The summed E-state index contributed by atoms with van der Waals surface area (Å²) in [7, 11) is 0. The molecule has 0 aromatic heterocycles. The van der Waals surface area contributed by atoms with E-state index in [1.165, 1.54) is 0 Å². The second kappa shape index (κ2) is 4.99. The Morgan fingerprint density at radius 2 is 2.00 bits per heavy atom. The summed E-state index contributed by atoms with van der Waals surface area (Å²) in [6.45, 7) is 1.98. The molecule has 4 heteroatoms. The van der Waals surface area contributed by atoms with Crippen LogP contribution in [0.4, 0.5) is 17.1 Å². The number of anilines is 3. The first-order valence-electron chi connectivity index (χ1n) is 5.43. The van der Waals surface area contributed by atoms with E-state index in [2.05, 4.69) is 5.32 Å². The summed E-state index contributed by atoms with van der Waals surface area (Å²) in [4.78, 5) is 0. The van der Waals surface area contributed by atoms with Crippen molar-refractivity contribution in [3.8, 4) is 6.07 Å². The molecular weight excluding hydrogens is 246 g/mol. The molecule has 2 aromatic rings. The van der Waals surface area contributed by atoms with Gasteiger partial charge in [0.15, 0.2) is 0 Å². The molecule has 0 atom stereocenters. The minimum Gasteiger partial charge on any atom is -0.398 e. The van der Waals surface area contributed by atoms with Crippen LogP contribution in [0.15, 0.2) is 36.4 Å². The van der Waals surface area contributed by atoms with Crippen LogP contribution >= 0.6 is 11.6 Å². The van der Waals surface area contributed by atoms with Crippen LogP contribution in [0, 0.1) is 18.3 Å². The smallest absolute Gasteiger partial charge is 0.101 e. The quantitative estimate of drug-likeness (QED) is 0.804. The molecule has 0 radical (unpaired) electrons. The first-order chi connectivity index (χ1) is 8.60. The van der Waals surface area contributed by atoms with Crippen LogP contribution in [0.2, 0.25) is 5.02 Å². The third-order valence-electron chi connectivity index (χ3n) is 2.58. The van der Waals surface area contributed by atoms with Crippen molar-refractivity contribution in [1.29, 1.82) is 5.26 Å². The molecule has 0 aliphatic heterocycles. The van der Waals surface area contributed by atoms with E-state index < -0.39 is 0 Å². The molecule has 0 fully saturated rings. The summed E-state index contributed by atoms with van der Waals surface area (Å²) in [6, 6.07) is 13.0. The van der Waals surface area contributed by atoms with Gasteiger partial charge in [-0.2, -0.15) is 5.26 Å². The Bertz CT molecular complexity index is 629. The van der Waals surface area contributed by atoms with E-state index in [1.54, 1.807) is 12.1 Å². The predicted molar refractivity (Wildman–Crippen MR) is 75.0 cm³/mol. The van der Waals surface area contributed by atoms with Gasteiger partial charge in [0.2, 0.25) is 0 Å². The second-order valence-electron chi connectivity index (χ2n) is 4.02. The molecule has 0 aliphatic rings. The van der Waals surface area contributed by atoms with E-state index in [9.17, 15) is 0 Å². The van der Waals surface area contributed by atoms with Gasteiger partial charge in [-0.05, 0) is 42.8 Å². The van der Waals surface area contributed by atoms with Gasteiger partial charge in [-0.25, -0.2) is 0 Å². The normalized spacial score (nSPS) is 9.83. The maximum atomic E-state index is 8.92. The minimum atomic E-state index is 0.447. The zero-order valence-electron chi connectivity index (χ0n) is 9.87. The lowest BCUT2D eigenvalue weighted by molar-refractivity contribution is 1.44. The van der Waals surface area contributed by atoms with Crippen molar-refractivity contribution in [2.45, 2.75) is 6.92 Å². The van der Waals surface area contributed by atoms with Gasteiger partial charge in [-0.15, -0.1) is 0 Å². The second-order valence-corrected chi connectivity index (χ2v) is 4.43. The lowest BCUT2D eigenvalue weighted by Gasteiger charge is -2.10. The molecule has 0 aliphatic carbocycles. The summed E-state index contributed by atoms with van der Waals surface area (Å²) in [5.41, 5.74) is 9.27. The lowest BCUT2D eigenvalue weighted by Crippen LogP contribution is -1.95. The van der Waals surface area contributed by atoms with E-state index in [-0.39, 0.29) is 0 Å². The van der Waals surface area contributed by atoms with Gasteiger partial charge in [0.25, 0.3) is 0 Å². The van der Waals surface area contributed by atoms with Gasteiger partial charge in [-0.1, -0.05) is 17.7 Å². The Morgan fingerprint density at radius 1 is 1.22 bits per heavy atom. The van der Waals surface area contributed by atoms with E-state index in [0.29, 0.717) is 16.3 Å². The third-order valence-corrected chi connectivity index (χ3v) is 2.89. The van der Waals surface area contributed by atoms with Gasteiger partial charge in [0.05, 0.1) is 16.3 Å². The number of rotatable bonds is 2. The first kappa shape index (κ1) is 12.3. The van der Waals surface area contributed by atoms with E-state index in [0.717, 1.165) is 16.9 Å². The molecule has 3 N–H and O–H groups in total. The van der Waals surface area contributed by atoms with Crippen molar-refractivity contribution >= 4 is 28.7 Å². The van der Waals surface area contributed by atoms with Crippen molar-refractivity contribution in [2.24, 2.45) is 0 Å². The highest BCUT2D eigenvalue weighted by molar-refractivity contribution is 6.33. The molecular formula is C14H12ClN3. The number of nitrogens with one attached hydrogen (secondary N) is 1. The molecule has 0 bridgehead atoms. The molecule has 18 heavy (non-hydrogen) atoms. The van der Waals surface area contributed by atoms with Crippen LogP contribution in [-0.4, -0.2) is 0 Å². The summed E-state index contributed by atoms with van der Waals surface area (Å²) >= 11 is 6.13. The van der Waals surface area contributed by atoms with Gasteiger partial charge >= 0.3 is 0 Å². The highest BCUT2D eigenvalue weighted by Crippen LogP contribution is 2.27. The van der Waals surface area contributed by atoms with Crippen molar-refractivity contribution in [3.05, 3.63) is 52.5 Å². The van der Waals surface area contributed by atoms with Gasteiger partial charge in [0, 0.05) is 11.4 Å². The number of benzene rings is 2. The SMILES string of the molecule is Cc1ccc(Nc2ccc(N)c(C#N)c2)c(Cl)c1. The van der Waals surface area contributed by atoms with Crippen molar-refractivity contribution < 1.29 is 0 Å². The Kier molecular flexibility index (Phi) is 3.40. The standard InChI is InChI=1S/C14H12ClN3/c1-9-2-5-14(12(15)6-9)18-11-3-4-13(17)10(7-11)8-16/h2-7,18H,17H2,1H3. The fraction of sp³-hybridized carbons (Fsp3) is 0.0714.